The normalized spacial score (nSPS) is 11.7. The summed E-state index contributed by atoms with van der Waals surface area (Å²) in [7, 11) is 0. The van der Waals surface area contributed by atoms with Crippen LogP contribution in [0, 0.1) is 5.82 Å². The van der Waals surface area contributed by atoms with E-state index < -0.39 is 17.8 Å². The van der Waals surface area contributed by atoms with Crippen molar-refractivity contribution in [3.63, 3.8) is 0 Å². The number of aromatic nitrogens is 3. The van der Waals surface area contributed by atoms with Crippen LogP contribution in [0.5, 0.6) is 11.6 Å². The van der Waals surface area contributed by atoms with Crippen LogP contribution in [0.1, 0.15) is 11.1 Å². The number of carbonyl (C=O) groups is 1. The van der Waals surface area contributed by atoms with Crippen LogP contribution in [-0.4, -0.2) is 31.7 Å². The predicted molar refractivity (Wildman–Crippen MR) is 126 cm³/mol. The van der Waals surface area contributed by atoms with E-state index in [9.17, 15) is 9.18 Å². The van der Waals surface area contributed by atoms with Crippen molar-refractivity contribution in [3.8, 4) is 11.6 Å². The number of aliphatic carboxylic acids is 1. The molecule has 33 heavy (non-hydrogen) atoms. The minimum absolute atomic E-state index is 0. The molecule has 172 valence electrons. The molecule has 0 saturated carbocycles. The van der Waals surface area contributed by atoms with Crippen molar-refractivity contribution < 1.29 is 19.0 Å². The van der Waals surface area contributed by atoms with Gasteiger partial charge < -0.3 is 25.9 Å². The van der Waals surface area contributed by atoms with E-state index >= 15 is 0 Å². The molecule has 11 heteroatoms. The second-order valence-corrected chi connectivity index (χ2v) is 7.61. The molecule has 2 heterocycles. The molecule has 0 bridgehead atoms. The second-order valence-electron chi connectivity index (χ2n) is 7.20. The minimum atomic E-state index is -1.06. The van der Waals surface area contributed by atoms with E-state index in [2.05, 4.69) is 9.97 Å². The number of anilines is 1. The van der Waals surface area contributed by atoms with Crippen molar-refractivity contribution in [2.45, 2.75) is 19.0 Å². The Labute approximate surface area is 199 Å². The van der Waals surface area contributed by atoms with Gasteiger partial charge in [-0.15, -0.1) is 12.4 Å². The first kappa shape index (κ1) is 24.2. The molecule has 2 aromatic carbocycles. The van der Waals surface area contributed by atoms with Crippen molar-refractivity contribution >= 4 is 47.0 Å². The number of halogens is 3. The van der Waals surface area contributed by atoms with Gasteiger partial charge in [0.2, 0.25) is 11.8 Å². The van der Waals surface area contributed by atoms with Gasteiger partial charge in [0.25, 0.3) is 0 Å². The number of hydrogen-bond acceptors (Lipinski definition) is 6. The highest BCUT2D eigenvalue weighted by atomic mass is 35.5. The Balaban J connectivity index is 0.00000306. The summed E-state index contributed by atoms with van der Waals surface area (Å²) in [5.74, 6) is -0.676. The molecule has 0 saturated heterocycles. The quantitative estimate of drug-likeness (QED) is 0.355. The number of carboxylic acid groups (broad SMARTS) is 1. The Morgan fingerprint density at radius 1 is 1.18 bits per heavy atom. The fourth-order valence-corrected chi connectivity index (χ4v) is 3.47. The zero-order valence-electron chi connectivity index (χ0n) is 17.1. The SMILES string of the molecule is Cl.Nc1nc(Oc2ccc(CC(N)C(=O)O)cc2)c2ccn(Cc3ccc(F)cc3Cl)c2n1. The predicted octanol–water partition coefficient (Wildman–Crippen LogP) is 4.02. The number of rotatable bonds is 7. The Morgan fingerprint density at radius 2 is 1.91 bits per heavy atom. The van der Waals surface area contributed by atoms with Crippen molar-refractivity contribution in [3.05, 3.63) is 76.7 Å². The van der Waals surface area contributed by atoms with E-state index in [1.165, 1.54) is 12.1 Å². The summed E-state index contributed by atoms with van der Waals surface area (Å²) in [6, 6.07) is 11.9. The van der Waals surface area contributed by atoms with Gasteiger partial charge in [-0.3, -0.25) is 4.79 Å². The number of nitrogens with two attached hydrogens (primary N) is 2. The molecular formula is C22H20Cl2FN5O3. The van der Waals surface area contributed by atoms with Crippen molar-refractivity contribution in [2.75, 3.05) is 5.73 Å². The van der Waals surface area contributed by atoms with Crippen LogP contribution < -0.4 is 16.2 Å². The molecule has 1 unspecified atom stereocenters. The van der Waals surface area contributed by atoms with E-state index in [1.807, 2.05) is 4.57 Å². The molecule has 0 radical (unpaired) electrons. The maximum Gasteiger partial charge on any atom is 0.320 e. The van der Waals surface area contributed by atoms with Gasteiger partial charge in [-0.1, -0.05) is 29.8 Å². The number of hydrogen-bond donors (Lipinski definition) is 3. The molecule has 0 aliphatic heterocycles. The lowest BCUT2D eigenvalue weighted by molar-refractivity contribution is -0.138. The van der Waals surface area contributed by atoms with E-state index in [0.29, 0.717) is 28.4 Å². The summed E-state index contributed by atoms with van der Waals surface area (Å²) in [6.45, 7) is 0.358. The topological polar surface area (TPSA) is 129 Å². The third-order valence-electron chi connectivity index (χ3n) is 4.87. The van der Waals surface area contributed by atoms with Gasteiger partial charge in [-0.2, -0.15) is 9.97 Å². The average Bonchev–Trinajstić information content (AvgIpc) is 3.14. The average molecular weight is 492 g/mol. The molecule has 0 spiro atoms. The van der Waals surface area contributed by atoms with Gasteiger partial charge in [-0.25, -0.2) is 4.39 Å². The Morgan fingerprint density at radius 3 is 2.58 bits per heavy atom. The van der Waals surface area contributed by atoms with Crippen molar-refractivity contribution in [1.29, 1.82) is 0 Å². The standard InChI is InChI=1S/C22H19ClFN5O3.ClH/c23-17-10-14(24)4-3-13(17)11-29-8-7-16-19(29)27-22(26)28-20(16)32-15-5-1-12(2-6-15)9-18(25)21(30)31;/h1-8,10,18H,9,11,25H2,(H,30,31)(H2,26,27,28);1H. The third-order valence-corrected chi connectivity index (χ3v) is 5.22. The van der Waals surface area contributed by atoms with Crippen LogP contribution in [-0.2, 0) is 17.8 Å². The Bertz CT molecular complexity index is 1300. The summed E-state index contributed by atoms with van der Waals surface area (Å²) in [6.07, 6.45) is 2.00. The van der Waals surface area contributed by atoms with E-state index in [4.69, 9.17) is 32.9 Å². The first-order valence-corrected chi connectivity index (χ1v) is 9.99. The summed E-state index contributed by atoms with van der Waals surface area (Å²) in [4.78, 5) is 19.4. The van der Waals surface area contributed by atoms with Crippen LogP contribution in [0.2, 0.25) is 5.02 Å². The molecule has 4 rings (SSSR count). The van der Waals surface area contributed by atoms with Crippen LogP contribution in [0.4, 0.5) is 10.3 Å². The fraction of sp³-hybridized carbons (Fsp3) is 0.136. The lowest BCUT2D eigenvalue weighted by Gasteiger charge is -2.10. The summed E-state index contributed by atoms with van der Waals surface area (Å²) >= 11 is 6.15. The number of carboxylic acids is 1. The highest BCUT2D eigenvalue weighted by molar-refractivity contribution is 6.31. The number of ether oxygens (including phenoxy) is 1. The molecule has 8 nitrogen and oxygen atoms in total. The van der Waals surface area contributed by atoms with E-state index in [-0.39, 0.29) is 30.7 Å². The summed E-state index contributed by atoms with van der Waals surface area (Å²) in [5.41, 5.74) is 13.5. The van der Waals surface area contributed by atoms with Gasteiger partial charge in [0.05, 0.1) is 11.9 Å². The van der Waals surface area contributed by atoms with Crippen LogP contribution in [0.15, 0.2) is 54.7 Å². The molecule has 5 N–H and O–H groups in total. The van der Waals surface area contributed by atoms with Gasteiger partial charge >= 0.3 is 5.97 Å². The van der Waals surface area contributed by atoms with Crippen molar-refractivity contribution in [1.82, 2.24) is 14.5 Å². The molecule has 0 aliphatic carbocycles. The van der Waals surface area contributed by atoms with Crippen LogP contribution in [0.3, 0.4) is 0 Å². The summed E-state index contributed by atoms with van der Waals surface area (Å²) < 4.78 is 21.1. The molecule has 0 aliphatic rings. The number of nitrogens with zero attached hydrogens (tertiary/aromatic N) is 3. The molecule has 4 aromatic rings. The molecule has 2 aromatic heterocycles. The first-order chi connectivity index (χ1) is 15.3. The van der Waals surface area contributed by atoms with E-state index in [0.717, 1.165) is 11.1 Å². The first-order valence-electron chi connectivity index (χ1n) is 9.61. The zero-order chi connectivity index (χ0) is 22.8. The van der Waals surface area contributed by atoms with E-state index in [1.54, 1.807) is 42.6 Å². The zero-order valence-corrected chi connectivity index (χ0v) is 18.7. The minimum Gasteiger partial charge on any atom is -0.480 e. The second kappa shape index (κ2) is 10.0. The molecule has 0 fully saturated rings. The van der Waals surface area contributed by atoms with Gasteiger partial charge in [0, 0.05) is 11.2 Å². The number of benzene rings is 2. The number of nitrogen functional groups attached to an aromatic ring is 1. The molecule has 0 amide bonds. The molecular weight excluding hydrogens is 472 g/mol. The monoisotopic (exact) mass is 491 g/mol. The van der Waals surface area contributed by atoms with Gasteiger partial charge in [-0.05, 0) is 47.9 Å². The van der Waals surface area contributed by atoms with Crippen LogP contribution in [0.25, 0.3) is 11.0 Å². The highest BCUT2D eigenvalue weighted by Gasteiger charge is 2.15. The fourth-order valence-electron chi connectivity index (χ4n) is 3.24. The third kappa shape index (κ3) is 5.51. The Kier molecular flexibility index (Phi) is 7.37. The highest BCUT2D eigenvalue weighted by Crippen LogP contribution is 2.30. The Hall–Kier alpha value is -3.40. The maximum atomic E-state index is 13.3. The molecule has 1 atom stereocenters. The van der Waals surface area contributed by atoms with Gasteiger partial charge in [0.1, 0.15) is 23.3 Å². The summed E-state index contributed by atoms with van der Waals surface area (Å²) in [5, 5.41) is 9.89. The van der Waals surface area contributed by atoms with Crippen molar-refractivity contribution in [2.24, 2.45) is 5.73 Å². The largest absolute Gasteiger partial charge is 0.480 e. The maximum absolute atomic E-state index is 13.3. The van der Waals surface area contributed by atoms with Crippen LogP contribution >= 0.6 is 24.0 Å². The lowest BCUT2D eigenvalue weighted by Crippen LogP contribution is -2.32. The number of fused-ring (bicyclic) bond motifs is 1. The lowest BCUT2D eigenvalue weighted by atomic mass is 10.1. The smallest absolute Gasteiger partial charge is 0.320 e. The van der Waals surface area contributed by atoms with Gasteiger partial charge in [0.15, 0.2) is 0 Å².